The van der Waals surface area contributed by atoms with Gasteiger partial charge in [-0.3, -0.25) is 9.59 Å². The van der Waals surface area contributed by atoms with Gasteiger partial charge in [-0.25, -0.2) is 0 Å². The molecule has 1 aromatic heterocycles. The van der Waals surface area contributed by atoms with Crippen LogP contribution in [0.4, 0.5) is 11.7 Å². The summed E-state index contributed by atoms with van der Waals surface area (Å²) in [7, 11) is 0. The predicted molar refractivity (Wildman–Crippen MR) is 72.2 cm³/mol. The molecular formula is C14H14N2O4. The second kappa shape index (κ2) is 6.01. The highest BCUT2D eigenvalue weighted by Crippen LogP contribution is 2.17. The highest BCUT2D eigenvalue weighted by atomic mass is 16.4. The average Bonchev–Trinajstić information content (AvgIpc) is 2.84. The third-order valence-corrected chi connectivity index (χ3v) is 2.69. The summed E-state index contributed by atoms with van der Waals surface area (Å²) in [6.45, 7) is 1.51. The minimum atomic E-state index is -0.873. The SMILES string of the molecule is CC(=O)c1ccc(Nc2nc(CCC(=O)O)co2)cc1. The molecule has 0 saturated carbocycles. The molecule has 6 nitrogen and oxygen atoms in total. The van der Waals surface area contributed by atoms with E-state index in [4.69, 9.17) is 9.52 Å². The summed E-state index contributed by atoms with van der Waals surface area (Å²) < 4.78 is 5.20. The summed E-state index contributed by atoms with van der Waals surface area (Å²) in [4.78, 5) is 25.7. The van der Waals surface area contributed by atoms with Crippen molar-refractivity contribution in [2.75, 3.05) is 5.32 Å². The van der Waals surface area contributed by atoms with Crippen LogP contribution in [0.5, 0.6) is 0 Å². The molecule has 0 atom stereocenters. The zero-order valence-corrected chi connectivity index (χ0v) is 10.9. The quantitative estimate of drug-likeness (QED) is 0.787. The van der Waals surface area contributed by atoms with E-state index in [-0.39, 0.29) is 12.2 Å². The van der Waals surface area contributed by atoms with Gasteiger partial charge in [0.15, 0.2) is 5.78 Å². The number of carboxylic acids is 1. The first-order chi connectivity index (χ1) is 9.54. The number of oxazole rings is 1. The lowest BCUT2D eigenvalue weighted by molar-refractivity contribution is -0.136. The van der Waals surface area contributed by atoms with E-state index in [1.165, 1.54) is 13.2 Å². The van der Waals surface area contributed by atoms with Gasteiger partial charge in [0.05, 0.1) is 12.1 Å². The first kappa shape index (κ1) is 13.8. The third kappa shape index (κ3) is 3.68. The van der Waals surface area contributed by atoms with Gasteiger partial charge >= 0.3 is 5.97 Å². The van der Waals surface area contributed by atoms with Gasteiger partial charge in [-0.2, -0.15) is 4.98 Å². The number of anilines is 2. The molecule has 0 aliphatic carbocycles. The summed E-state index contributed by atoms with van der Waals surface area (Å²) in [5.74, 6) is -0.869. The van der Waals surface area contributed by atoms with Crippen LogP contribution in [0.3, 0.4) is 0 Å². The van der Waals surface area contributed by atoms with Crippen molar-refractivity contribution in [1.82, 2.24) is 4.98 Å². The number of rotatable bonds is 6. The maximum Gasteiger partial charge on any atom is 0.303 e. The molecule has 0 aliphatic rings. The van der Waals surface area contributed by atoms with Crippen LogP contribution in [0.15, 0.2) is 34.9 Å². The van der Waals surface area contributed by atoms with Crippen molar-refractivity contribution in [3.8, 4) is 0 Å². The number of ketones is 1. The molecular weight excluding hydrogens is 260 g/mol. The van der Waals surface area contributed by atoms with Crippen molar-refractivity contribution in [1.29, 1.82) is 0 Å². The predicted octanol–water partition coefficient (Wildman–Crippen LogP) is 2.64. The summed E-state index contributed by atoms with van der Waals surface area (Å²) in [5, 5.41) is 11.5. The Morgan fingerprint density at radius 3 is 2.60 bits per heavy atom. The number of hydrogen-bond donors (Lipinski definition) is 2. The Kier molecular flexibility index (Phi) is 4.14. The van der Waals surface area contributed by atoms with E-state index >= 15 is 0 Å². The molecule has 0 unspecified atom stereocenters. The van der Waals surface area contributed by atoms with E-state index in [0.29, 0.717) is 23.7 Å². The van der Waals surface area contributed by atoms with Crippen molar-refractivity contribution < 1.29 is 19.1 Å². The number of carbonyl (C=O) groups is 2. The number of aryl methyl sites for hydroxylation is 1. The standard InChI is InChI=1S/C14H14N2O4/c1-9(17)10-2-4-11(5-3-10)15-14-16-12(8-20-14)6-7-13(18)19/h2-5,8H,6-7H2,1H3,(H,15,16)(H,18,19). The molecule has 0 amide bonds. The number of nitrogens with zero attached hydrogens (tertiary/aromatic N) is 1. The molecule has 0 saturated heterocycles. The fourth-order valence-electron chi connectivity index (χ4n) is 1.63. The molecule has 20 heavy (non-hydrogen) atoms. The first-order valence-corrected chi connectivity index (χ1v) is 6.09. The van der Waals surface area contributed by atoms with E-state index in [0.717, 1.165) is 5.69 Å². The molecule has 0 spiro atoms. The van der Waals surface area contributed by atoms with Gasteiger partial charge in [0.25, 0.3) is 6.01 Å². The van der Waals surface area contributed by atoms with Crippen LogP contribution < -0.4 is 5.32 Å². The zero-order valence-electron chi connectivity index (χ0n) is 10.9. The van der Waals surface area contributed by atoms with Gasteiger partial charge in [-0.05, 0) is 31.2 Å². The van der Waals surface area contributed by atoms with E-state index in [9.17, 15) is 9.59 Å². The number of hydrogen-bond acceptors (Lipinski definition) is 5. The highest BCUT2D eigenvalue weighted by Gasteiger charge is 2.07. The largest absolute Gasteiger partial charge is 0.481 e. The van der Waals surface area contributed by atoms with Crippen molar-refractivity contribution in [2.45, 2.75) is 19.8 Å². The zero-order chi connectivity index (χ0) is 14.5. The summed E-state index contributed by atoms with van der Waals surface area (Å²) >= 11 is 0. The fourth-order valence-corrected chi connectivity index (χ4v) is 1.63. The van der Waals surface area contributed by atoms with E-state index in [1.807, 2.05) is 0 Å². The smallest absolute Gasteiger partial charge is 0.303 e. The summed E-state index contributed by atoms with van der Waals surface area (Å²) in [6, 6.07) is 7.20. The number of carbonyl (C=O) groups excluding carboxylic acids is 1. The minimum Gasteiger partial charge on any atom is -0.481 e. The molecule has 0 aliphatic heterocycles. The lowest BCUT2D eigenvalue weighted by atomic mass is 10.1. The van der Waals surface area contributed by atoms with Gasteiger partial charge in [-0.1, -0.05) is 0 Å². The Balaban J connectivity index is 1.99. The van der Waals surface area contributed by atoms with E-state index in [1.54, 1.807) is 24.3 Å². The summed E-state index contributed by atoms with van der Waals surface area (Å²) in [5.41, 5.74) is 1.95. The molecule has 2 aromatic rings. The number of nitrogens with one attached hydrogen (secondary N) is 1. The van der Waals surface area contributed by atoms with Crippen molar-refractivity contribution in [3.63, 3.8) is 0 Å². The van der Waals surface area contributed by atoms with Crippen LogP contribution in [0.25, 0.3) is 0 Å². The minimum absolute atomic E-state index is 0.00336. The molecule has 2 rings (SSSR count). The number of aliphatic carboxylic acids is 1. The van der Waals surface area contributed by atoms with Crippen molar-refractivity contribution in [3.05, 3.63) is 41.8 Å². The van der Waals surface area contributed by atoms with Crippen LogP contribution >= 0.6 is 0 Å². The Morgan fingerprint density at radius 1 is 1.30 bits per heavy atom. The molecule has 1 aromatic carbocycles. The second-order valence-electron chi connectivity index (χ2n) is 4.30. The van der Waals surface area contributed by atoms with Crippen LogP contribution in [0, 0.1) is 0 Å². The normalized spacial score (nSPS) is 10.2. The molecule has 0 bridgehead atoms. The average molecular weight is 274 g/mol. The molecule has 1 heterocycles. The Morgan fingerprint density at radius 2 is 2.00 bits per heavy atom. The number of carboxylic acid groups (broad SMARTS) is 1. The van der Waals surface area contributed by atoms with Crippen molar-refractivity contribution in [2.24, 2.45) is 0 Å². The van der Waals surface area contributed by atoms with Gasteiger partial charge < -0.3 is 14.8 Å². The van der Waals surface area contributed by atoms with E-state index < -0.39 is 5.97 Å². The second-order valence-corrected chi connectivity index (χ2v) is 4.30. The molecule has 104 valence electrons. The van der Waals surface area contributed by atoms with Crippen LogP contribution in [-0.4, -0.2) is 21.8 Å². The Labute approximate surface area is 115 Å². The highest BCUT2D eigenvalue weighted by molar-refractivity contribution is 5.94. The first-order valence-electron chi connectivity index (χ1n) is 6.09. The van der Waals surface area contributed by atoms with E-state index in [2.05, 4.69) is 10.3 Å². The van der Waals surface area contributed by atoms with Gasteiger partial charge in [0, 0.05) is 17.7 Å². The maximum absolute atomic E-state index is 11.1. The third-order valence-electron chi connectivity index (χ3n) is 2.69. The Hall–Kier alpha value is -2.63. The Bertz CT molecular complexity index is 616. The van der Waals surface area contributed by atoms with Crippen molar-refractivity contribution >= 4 is 23.5 Å². The molecule has 6 heteroatoms. The lowest BCUT2D eigenvalue weighted by Gasteiger charge is -2.02. The van der Waals surface area contributed by atoms with Gasteiger partial charge in [0.1, 0.15) is 6.26 Å². The monoisotopic (exact) mass is 274 g/mol. The van der Waals surface area contributed by atoms with Crippen LogP contribution in [0.2, 0.25) is 0 Å². The fraction of sp³-hybridized carbons (Fsp3) is 0.214. The van der Waals surface area contributed by atoms with Gasteiger partial charge in [0.2, 0.25) is 0 Å². The van der Waals surface area contributed by atoms with Crippen LogP contribution in [-0.2, 0) is 11.2 Å². The maximum atomic E-state index is 11.1. The molecule has 2 N–H and O–H groups in total. The number of Topliss-reactive ketones (excluding diaryl/α,β-unsaturated/α-hetero) is 1. The molecule has 0 radical (unpaired) electrons. The van der Waals surface area contributed by atoms with Gasteiger partial charge in [-0.15, -0.1) is 0 Å². The molecule has 0 fully saturated rings. The topological polar surface area (TPSA) is 92.4 Å². The summed E-state index contributed by atoms with van der Waals surface area (Å²) in [6.07, 6.45) is 1.76. The lowest BCUT2D eigenvalue weighted by Crippen LogP contribution is -1.98. The number of benzene rings is 1. The van der Waals surface area contributed by atoms with Crippen LogP contribution in [0.1, 0.15) is 29.4 Å². The number of aromatic nitrogens is 1.